The number of carbonyl (C=O) groups is 2. The number of likely N-dealkylation sites (N-methyl/N-ethyl adjacent to an activating group) is 1. The summed E-state index contributed by atoms with van der Waals surface area (Å²) in [5.41, 5.74) is 4.85. The van der Waals surface area contributed by atoms with Crippen LogP contribution in [0.25, 0.3) is 5.57 Å². The van der Waals surface area contributed by atoms with Crippen molar-refractivity contribution in [1.29, 1.82) is 0 Å². The van der Waals surface area contributed by atoms with E-state index < -0.39 is 0 Å². The predicted octanol–water partition coefficient (Wildman–Crippen LogP) is 5.77. The fraction of sp³-hybridized carbons (Fsp3) is 0.154. The number of nitrogens with zero attached hydrogens (tertiary/aromatic N) is 2. The molecule has 31 heavy (non-hydrogen) atoms. The summed E-state index contributed by atoms with van der Waals surface area (Å²) in [6.07, 6.45) is 0. The topological polar surface area (TPSA) is 40.6 Å². The van der Waals surface area contributed by atoms with E-state index in [4.69, 9.17) is 11.6 Å². The molecule has 5 heteroatoms. The summed E-state index contributed by atoms with van der Waals surface area (Å²) < 4.78 is 0. The molecule has 0 radical (unpaired) electrons. The lowest BCUT2D eigenvalue weighted by atomic mass is 10.0. The normalized spacial score (nSPS) is 13.9. The van der Waals surface area contributed by atoms with Crippen LogP contribution in [0.2, 0.25) is 5.02 Å². The average Bonchev–Trinajstić information content (AvgIpc) is 3.00. The van der Waals surface area contributed by atoms with Gasteiger partial charge >= 0.3 is 0 Å². The van der Waals surface area contributed by atoms with Crippen LogP contribution in [0.3, 0.4) is 0 Å². The minimum absolute atomic E-state index is 0.328. The molecule has 0 N–H and O–H groups in total. The summed E-state index contributed by atoms with van der Waals surface area (Å²) >= 11 is 6.08. The van der Waals surface area contributed by atoms with Crippen molar-refractivity contribution >= 4 is 40.4 Å². The van der Waals surface area contributed by atoms with Crippen LogP contribution >= 0.6 is 11.6 Å². The zero-order valence-corrected chi connectivity index (χ0v) is 18.5. The Bertz CT molecular complexity index is 1160. The molecule has 0 atom stereocenters. The van der Waals surface area contributed by atoms with Crippen molar-refractivity contribution in [3.05, 3.63) is 100 Å². The maximum Gasteiger partial charge on any atom is 0.282 e. The standard InChI is InChI=1S/C26H23ClN2O2/c1-4-28(21-8-6-5-7-9-21)24-23(19-10-12-20(27)13-11-19)25(30)29(26(24)31)22-15-17(2)14-18(3)16-22/h5-16H,4H2,1-3H3. The molecule has 0 spiro atoms. The van der Waals surface area contributed by atoms with Crippen molar-refractivity contribution in [3.8, 4) is 0 Å². The Morgan fingerprint density at radius 1 is 0.839 bits per heavy atom. The molecule has 156 valence electrons. The molecular formula is C26H23ClN2O2. The molecule has 0 aromatic heterocycles. The van der Waals surface area contributed by atoms with Gasteiger partial charge < -0.3 is 4.90 Å². The fourth-order valence-electron chi connectivity index (χ4n) is 4.04. The van der Waals surface area contributed by atoms with Gasteiger partial charge in [0.2, 0.25) is 0 Å². The number of anilines is 2. The largest absolute Gasteiger partial charge is 0.337 e. The van der Waals surface area contributed by atoms with Crippen molar-refractivity contribution in [1.82, 2.24) is 0 Å². The molecule has 3 aromatic rings. The second-order valence-corrected chi connectivity index (χ2v) is 8.04. The van der Waals surface area contributed by atoms with E-state index in [9.17, 15) is 9.59 Å². The van der Waals surface area contributed by atoms with Gasteiger partial charge in [-0.25, -0.2) is 4.90 Å². The number of para-hydroxylation sites is 1. The SMILES string of the molecule is CCN(C1=C(c2ccc(Cl)cc2)C(=O)N(c2cc(C)cc(C)c2)C1=O)c1ccccc1. The molecule has 3 aromatic carbocycles. The van der Waals surface area contributed by atoms with Crippen molar-refractivity contribution < 1.29 is 9.59 Å². The Labute approximate surface area is 187 Å². The molecule has 0 saturated carbocycles. The number of hydrogen-bond acceptors (Lipinski definition) is 3. The molecule has 0 saturated heterocycles. The molecule has 2 amide bonds. The number of imide groups is 1. The number of carbonyl (C=O) groups excluding carboxylic acids is 2. The van der Waals surface area contributed by atoms with E-state index in [0.717, 1.165) is 16.8 Å². The van der Waals surface area contributed by atoms with E-state index in [1.807, 2.05) is 74.2 Å². The molecule has 0 bridgehead atoms. The summed E-state index contributed by atoms with van der Waals surface area (Å²) in [5, 5.41) is 0.573. The quantitative estimate of drug-likeness (QED) is 0.482. The number of hydrogen-bond donors (Lipinski definition) is 0. The van der Waals surface area contributed by atoms with Crippen molar-refractivity contribution in [3.63, 3.8) is 0 Å². The van der Waals surface area contributed by atoms with Crippen LogP contribution in [0.5, 0.6) is 0 Å². The van der Waals surface area contributed by atoms with E-state index >= 15 is 0 Å². The number of aryl methyl sites for hydroxylation is 2. The van der Waals surface area contributed by atoms with Crippen LogP contribution in [0.1, 0.15) is 23.6 Å². The first kappa shape index (κ1) is 20.9. The second-order valence-electron chi connectivity index (χ2n) is 7.60. The third kappa shape index (κ3) is 3.87. The number of halogens is 1. The highest BCUT2D eigenvalue weighted by Crippen LogP contribution is 2.37. The lowest BCUT2D eigenvalue weighted by Gasteiger charge is -2.25. The van der Waals surface area contributed by atoms with Crippen LogP contribution in [0.4, 0.5) is 11.4 Å². The summed E-state index contributed by atoms with van der Waals surface area (Å²) in [6, 6.07) is 22.4. The monoisotopic (exact) mass is 430 g/mol. The van der Waals surface area contributed by atoms with Crippen LogP contribution in [0, 0.1) is 13.8 Å². The summed E-state index contributed by atoms with van der Waals surface area (Å²) in [4.78, 5) is 30.6. The van der Waals surface area contributed by atoms with E-state index in [-0.39, 0.29) is 11.8 Å². The molecule has 4 nitrogen and oxygen atoms in total. The van der Waals surface area contributed by atoms with Crippen molar-refractivity contribution in [2.24, 2.45) is 0 Å². The highest BCUT2D eigenvalue weighted by Gasteiger charge is 2.42. The van der Waals surface area contributed by atoms with Gasteiger partial charge in [0, 0.05) is 17.3 Å². The number of amides is 2. The minimum atomic E-state index is -0.332. The highest BCUT2D eigenvalue weighted by atomic mass is 35.5. The van der Waals surface area contributed by atoms with Crippen molar-refractivity contribution in [2.45, 2.75) is 20.8 Å². The number of rotatable bonds is 5. The fourth-order valence-corrected chi connectivity index (χ4v) is 4.16. The molecule has 0 fully saturated rings. The molecule has 0 aliphatic carbocycles. The van der Waals surface area contributed by atoms with E-state index in [1.165, 1.54) is 4.90 Å². The third-order valence-electron chi connectivity index (χ3n) is 5.31. The maximum absolute atomic E-state index is 13.7. The molecule has 1 aliphatic heterocycles. The van der Waals surface area contributed by atoms with E-state index in [2.05, 4.69) is 0 Å². The van der Waals surface area contributed by atoms with Crippen LogP contribution < -0.4 is 9.80 Å². The van der Waals surface area contributed by atoms with E-state index in [0.29, 0.717) is 34.1 Å². The number of benzene rings is 3. The van der Waals surface area contributed by atoms with Gasteiger partial charge in [-0.1, -0.05) is 48.0 Å². The first-order chi connectivity index (χ1) is 14.9. The Kier molecular flexibility index (Phi) is 5.66. The van der Waals surface area contributed by atoms with Gasteiger partial charge in [-0.05, 0) is 73.9 Å². The first-order valence-electron chi connectivity index (χ1n) is 10.2. The van der Waals surface area contributed by atoms with Gasteiger partial charge in [0.1, 0.15) is 5.70 Å². The van der Waals surface area contributed by atoms with Gasteiger partial charge in [0.05, 0.1) is 11.3 Å². The zero-order valence-electron chi connectivity index (χ0n) is 17.7. The predicted molar refractivity (Wildman–Crippen MR) is 126 cm³/mol. The molecule has 0 unspecified atom stereocenters. The van der Waals surface area contributed by atoms with Gasteiger partial charge in [-0.2, -0.15) is 0 Å². The molecule has 1 aliphatic rings. The molecule has 1 heterocycles. The Balaban J connectivity index is 1.92. The lowest BCUT2D eigenvalue weighted by molar-refractivity contribution is -0.120. The van der Waals surface area contributed by atoms with Gasteiger partial charge in [0.15, 0.2) is 0 Å². The van der Waals surface area contributed by atoms with Gasteiger partial charge in [0.25, 0.3) is 11.8 Å². The smallest absolute Gasteiger partial charge is 0.282 e. The Morgan fingerprint density at radius 2 is 1.45 bits per heavy atom. The summed E-state index contributed by atoms with van der Waals surface area (Å²) in [5.74, 6) is -0.660. The molecule has 4 rings (SSSR count). The van der Waals surface area contributed by atoms with Crippen molar-refractivity contribution in [2.75, 3.05) is 16.3 Å². The minimum Gasteiger partial charge on any atom is -0.337 e. The Morgan fingerprint density at radius 3 is 2.03 bits per heavy atom. The van der Waals surface area contributed by atoms with Crippen LogP contribution in [0.15, 0.2) is 78.5 Å². The lowest BCUT2D eigenvalue weighted by Crippen LogP contribution is -2.35. The summed E-state index contributed by atoms with van der Waals surface area (Å²) in [6.45, 7) is 6.42. The first-order valence-corrected chi connectivity index (χ1v) is 10.6. The zero-order chi connectivity index (χ0) is 22.1. The van der Waals surface area contributed by atoms with Crippen LogP contribution in [-0.4, -0.2) is 18.4 Å². The molecular weight excluding hydrogens is 408 g/mol. The Hall–Kier alpha value is -3.37. The average molecular weight is 431 g/mol. The van der Waals surface area contributed by atoms with E-state index in [1.54, 1.807) is 24.3 Å². The third-order valence-corrected chi connectivity index (χ3v) is 5.56. The maximum atomic E-state index is 13.7. The highest BCUT2D eigenvalue weighted by molar-refractivity contribution is 6.46. The van der Waals surface area contributed by atoms with Gasteiger partial charge in [-0.15, -0.1) is 0 Å². The van der Waals surface area contributed by atoms with Gasteiger partial charge in [-0.3, -0.25) is 9.59 Å². The second kappa shape index (κ2) is 8.40. The van der Waals surface area contributed by atoms with Crippen LogP contribution in [-0.2, 0) is 9.59 Å². The summed E-state index contributed by atoms with van der Waals surface area (Å²) in [7, 11) is 0.